The smallest absolute Gasteiger partial charge is 0.317 e. The van der Waals surface area contributed by atoms with Crippen molar-refractivity contribution in [3.63, 3.8) is 0 Å². The molecule has 2 heterocycles. The van der Waals surface area contributed by atoms with E-state index >= 15 is 0 Å². The van der Waals surface area contributed by atoms with Gasteiger partial charge in [-0.05, 0) is 19.1 Å². The summed E-state index contributed by atoms with van der Waals surface area (Å²) in [7, 11) is 0. The minimum absolute atomic E-state index is 0.0384. The average molecular weight is 290 g/mol. The maximum atomic E-state index is 11.8. The number of rotatable bonds is 2. The number of fused-ring (bicyclic) bond motifs is 1. The molecule has 0 spiro atoms. The molecule has 0 unspecified atom stereocenters. The van der Waals surface area contributed by atoms with Crippen molar-refractivity contribution < 1.29 is 4.79 Å². The number of piperazine rings is 1. The summed E-state index contributed by atoms with van der Waals surface area (Å²) in [5.41, 5.74) is 1.05. The molecule has 3 rings (SSSR count). The Morgan fingerprint density at radius 2 is 2.05 bits per heavy atom. The minimum Gasteiger partial charge on any atom is -0.345 e. The molecule has 0 atom stereocenters. The summed E-state index contributed by atoms with van der Waals surface area (Å²) in [5, 5.41) is 3.90. The molecule has 106 valence electrons. The molecule has 0 bridgehead atoms. The van der Waals surface area contributed by atoms with Crippen molar-refractivity contribution in [2.45, 2.75) is 6.92 Å². The summed E-state index contributed by atoms with van der Waals surface area (Å²) in [4.78, 5) is 20.6. The van der Waals surface area contributed by atoms with Gasteiger partial charge in [-0.25, -0.2) is 9.78 Å². The molecule has 0 aliphatic carbocycles. The van der Waals surface area contributed by atoms with Gasteiger partial charge in [-0.2, -0.15) is 0 Å². The average Bonchev–Trinajstić information content (AvgIpc) is 2.91. The van der Waals surface area contributed by atoms with Crippen LogP contribution in [0.2, 0.25) is 0 Å². The summed E-state index contributed by atoms with van der Waals surface area (Å²) in [6.07, 6.45) is 0. The van der Waals surface area contributed by atoms with Crippen molar-refractivity contribution in [3.05, 3.63) is 24.3 Å². The third-order valence-electron chi connectivity index (χ3n) is 3.45. The van der Waals surface area contributed by atoms with E-state index in [1.165, 1.54) is 4.70 Å². The predicted molar refractivity (Wildman–Crippen MR) is 82.5 cm³/mol. The van der Waals surface area contributed by atoms with E-state index < -0.39 is 0 Å². The summed E-state index contributed by atoms with van der Waals surface area (Å²) in [6.45, 7) is 5.81. The molecule has 2 aromatic rings. The van der Waals surface area contributed by atoms with E-state index in [1.807, 2.05) is 30.0 Å². The van der Waals surface area contributed by atoms with Gasteiger partial charge in [0.15, 0.2) is 5.13 Å². The van der Waals surface area contributed by atoms with Crippen LogP contribution < -0.4 is 10.2 Å². The van der Waals surface area contributed by atoms with Crippen LogP contribution >= 0.6 is 11.3 Å². The predicted octanol–water partition coefficient (Wildman–Crippen LogP) is 2.15. The Morgan fingerprint density at radius 3 is 2.75 bits per heavy atom. The number of amides is 2. The molecule has 1 fully saturated rings. The lowest BCUT2D eigenvalue weighted by molar-refractivity contribution is 0.195. The number of thiazole rings is 1. The van der Waals surface area contributed by atoms with E-state index in [4.69, 9.17) is 0 Å². The van der Waals surface area contributed by atoms with Gasteiger partial charge in [0.25, 0.3) is 0 Å². The van der Waals surface area contributed by atoms with Crippen LogP contribution in [0.25, 0.3) is 10.2 Å². The fourth-order valence-electron chi connectivity index (χ4n) is 2.36. The first-order valence-corrected chi connectivity index (χ1v) is 7.73. The zero-order chi connectivity index (χ0) is 13.9. The second-order valence-electron chi connectivity index (χ2n) is 4.77. The fraction of sp³-hybridized carbons (Fsp3) is 0.429. The van der Waals surface area contributed by atoms with Crippen LogP contribution in [0, 0.1) is 0 Å². The summed E-state index contributed by atoms with van der Waals surface area (Å²) < 4.78 is 1.22. The summed E-state index contributed by atoms with van der Waals surface area (Å²) in [6, 6.07) is 8.23. The Bertz CT molecular complexity index is 571. The molecule has 1 saturated heterocycles. The van der Waals surface area contributed by atoms with Gasteiger partial charge in [0.2, 0.25) is 0 Å². The molecule has 20 heavy (non-hydrogen) atoms. The van der Waals surface area contributed by atoms with Crippen LogP contribution in [0.5, 0.6) is 0 Å². The zero-order valence-electron chi connectivity index (χ0n) is 11.5. The summed E-state index contributed by atoms with van der Waals surface area (Å²) in [5.74, 6) is 0. The Balaban J connectivity index is 1.67. The molecule has 0 radical (unpaired) electrons. The third kappa shape index (κ3) is 2.56. The van der Waals surface area contributed by atoms with Crippen molar-refractivity contribution >= 4 is 32.7 Å². The van der Waals surface area contributed by atoms with Crippen LogP contribution in [-0.2, 0) is 0 Å². The van der Waals surface area contributed by atoms with Gasteiger partial charge in [-0.1, -0.05) is 23.5 Å². The molecule has 0 saturated carbocycles. The van der Waals surface area contributed by atoms with E-state index in [0.29, 0.717) is 6.54 Å². The lowest BCUT2D eigenvalue weighted by Crippen LogP contribution is -2.51. The standard InChI is InChI=1S/C14H18N4OS/c1-2-15-13(19)17-7-9-18(10-8-17)14-16-11-5-3-4-6-12(11)20-14/h3-6H,2,7-10H2,1H3,(H,15,19). The van der Waals surface area contributed by atoms with Crippen LogP contribution in [-0.4, -0.2) is 48.6 Å². The molecule has 1 N–H and O–H groups in total. The first kappa shape index (κ1) is 13.2. The van der Waals surface area contributed by atoms with Crippen LogP contribution in [0.15, 0.2) is 24.3 Å². The molecular formula is C14H18N4OS. The Labute approximate surface area is 122 Å². The second kappa shape index (κ2) is 5.66. The highest BCUT2D eigenvalue weighted by Crippen LogP contribution is 2.28. The van der Waals surface area contributed by atoms with E-state index in [9.17, 15) is 4.79 Å². The monoisotopic (exact) mass is 290 g/mol. The van der Waals surface area contributed by atoms with Crippen molar-refractivity contribution in [3.8, 4) is 0 Å². The van der Waals surface area contributed by atoms with E-state index in [1.54, 1.807) is 11.3 Å². The van der Waals surface area contributed by atoms with Gasteiger partial charge in [-0.3, -0.25) is 0 Å². The quantitative estimate of drug-likeness (QED) is 0.922. The molecule has 1 aromatic carbocycles. The minimum atomic E-state index is 0.0384. The molecule has 1 aliphatic rings. The van der Waals surface area contributed by atoms with Crippen LogP contribution in [0.3, 0.4) is 0 Å². The highest BCUT2D eigenvalue weighted by atomic mass is 32.1. The SMILES string of the molecule is CCNC(=O)N1CCN(c2nc3ccccc3s2)CC1. The molecule has 6 heteroatoms. The zero-order valence-corrected chi connectivity index (χ0v) is 12.3. The molecular weight excluding hydrogens is 272 g/mol. The Kier molecular flexibility index (Phi) is 3.73. The maximum absolute atomic E-state index is 11.8. The first-order chi connectivity index (χ1) is 9.78. The van der Waals surface area contributed by atoms with Gasteiger partial charge in [0, 0.05) is 32.7 Å². The van der Waals surface area contributed by atoms with E-state index in [-0.39, 0.29) is 6.03 Å². The normalized spacial score (nSPS) is 15.7. The number of anilines is 1. The number of hydrogen-bond acceptors (Lipinski definition) is 4. The van der Waals surface area contributed by atoms with E-state index in [2.05, 4.69) is 21.3 Å². The number of carbonyl (C=O) groups excluding carboxylic acids is 1. The fourth-order valence-corrected chi connectivity index (χ4v) is 3.38. The highest BCUT2D eigenvalue weighted by molar-refractivity contribution is 7.22. The number of nitrogens with zero attached hydrogens (tertiary/aromatic N) is 3. The number of carbonyl (C=O) groups is 1. The van der Waals surface area contributed by atoms with Crippen LogP contribution in [0.1, 0.15) is 6.92 Å². The van der Waals surface area contributed by atoms with E-state index in [0.717, 1.165) is 36.8 Å². The second-order valence-corrected chi connectivity index (χ2v) is 5.78. The molecule has 1 aromatic heterocycles. The summed E-state index contributed by atoms with van der Waals surface area (Å²) >= 11 is 1.72. The van der Waals surface area contributed by atoms with Gasteiger partial charge in [-0.15, -0.1) is 0 Å². The number of para-hydroxylation sites is 1. The highest BCUT2D eigenvalue weighted by Gasteiger charge is 2.22. The molecule has 2 amide bonds. The maximum Gasteiger partial charge on any atom is 0.317 e. The van der Waals surface area contributed by atoms with Crippen molar-refractivity contribution in [2.75, 3.05) is 37.6 Å². The topological polar surface area (TPSA) is 48.5 Å². The number of nitrogens with one attached hydrogen (secondary N) is 1. The first-order valence-electron chi connectivity index (χ1n) is 6.91. The van der Waals surface area contributed by atoms with Crippen molar-refractivity contribution in [2.24, 2.45) is 0 Å². The third-order valence-corrected chi connectivity index (χ3v) is 4.55. The van der Waals surface area contributed by atoms with Gasteiger partial charge in [0.1, 0.15) is 0 Å². The lowest BCUT2D eigenvalue weighted by Gasteiger charge is -2.34. The number of hydrogen-bond donors (Lipinski definition) is 1. The largest absolute Gasteiger partial charge is 0.345 e. The number of urea groups is 1. The van der Waals surface area contributed by atoms with Gasteiger partial charge in [0.05, 0.1) is 10.2 Å². The Hall–Kier alpha value is -1.82. The van der Waals surface area contributed by atoms with Gasteiger partial charge >= 0.3 is 6.03 Å². The van der Waals surface area contributed by atoms with Crippen molar-refractivity contribution in [1.82, 2.24) is 15.2 Å². The lowest BCUT2D eigenvalue weighted by atomic mass is 10.3. The molecule has 1 aliphatic heterocycles. The van der Waals surface area contributed by atoms with Gasteiger partial charge < -0.3 is 15.1 Å². The Morgan fingerprint density at radius 1 is 1.30 bits per heavy atom. The number of aromatic nitrogens is 1. The molecule has 5 nitrogen and oxygen atoms in total. The van der Waals surface area contributed by atoms with Crippen molar-refractivity contribution in [1.29, 1.82) is 0 Å². The van der Waals surface area contributed by atoms with Crippen LogP contribution in [0.4, 0.5) is 9.93 Å². The number of benzene rings is 1.